The smallest absolute Gasteiger partial charge is 0.255 e. The molecule has 1 amide bonds. The Kier molecular flexibility index (Phi) is 4.33. The monoisotopic (exact) mass is 329 g/mol. The molecule has 0 aliphatic carbocycles. The number of hydrogen-bond acceptors (Lipinski definition) is 1. The number of amides is 1. The molecule has 18 heavy (non-hydrogen) atoms. The Morgan fingerprint density at radius 1 is 1.56 bits per heavy atom. The number of benzene rings is 1. The van der Waals surface area contributed by atoms with Crippen molar-refractivity contribution in [2.24, 2.45) is 5.92 Å². The van der Waals surface area contributed by atoms with Crippen LogP contribution in [0.4, 0.5) is 0 Å². The van der Waals surface area contributed by atoms with E-state index < -0.39 is 0 Å². The number of nitrogens with zero attached hydrogens (tertiary/aromatic N) is 1. The molecular formula is C14H17BrClNO. The molecule has 2 atom stereocenters. The Morgan fingerprint density at radius 2 is 2.28 bits per heavy atom. The van der Waals surface area contributed by atoms with E-state index in [0.29, 0.717) is 16.5 Å². The highest BCUT2D eigenvalue weighted by atomic mass is 79.9. The van der Waals surface area contributed by atoms with Crippen molar-refractivity contribution in [3.05, 3.63) is 34.3 Å². The van der Waals surface area contributed by atoms with Gasteiger partial charge < -0.3 is 4.90 Å². The van der Waals surface area contributed by atoms with Crippen molar-refractivity contribution in [2.75, 3.05) is 11.9 Å². The highest BCUT2D eigenvalue weighted by Crippen LogP contribution is 2.29. The quantitative estimate of drug-likeness (QED) is 0.753. The van der Waals surface area contributed by atoms with E-state index in [1.54, 1.807) is 0 Å². The Bertz CT molecular complexity index is 463. The third-order valence-corrected chi connectivity index (χ3v) is 4.89. The topological polar surface area (TPSA) is 20.3 Å². The summed E-state index contributed by atoms with van der Waals surface area (Å²) in [5, 5.41) is 1.40. The minimum Gasteiger partial charge on any atom is -0.334 e. The molecule has 1 saturated heterocycles. The summed E-state index contributed by atoms with van der Waals surface area (Å²) in [6, 6.07) is 5.89. The number of halogens is 2. The maximum Gasteiger partial charge on any atom is 0.255 e. The molecule has 98 valence electrons. The third-order valence-electron chi connectivity index (χ3n) is 3.72. The van der Waals surface area contributed by atoms with E-state index in [0.717, 1.165) is 23.9 Å². The highest BCUT2D eigenvalue weighted by molar-refractivity contribution is 9.09. The van der Waals surface area contributed by atoms with Gasteiger partial charge in [-0.05, 0) is 30.9 Å². The van der Waals surface area contributed by atoms with E-state index in [2.05, 4.69) is 22.9 Å². The van der Waals surface area contributed by atoms with Crippen LogP contribution in [-0.4, -0.2) is 28.7 Å². The molecule has 2 nitrogen and oxygen atoms in total. The second kappa shape index (κ2) is 5.62. The highest BCUT2D eigenvalue weighted by Gasteiger charge is 2.34. The van der Waals surface area contributed by atoms with Crippen molar-refractivity contribution in [2.45, 2.75) is 26.3 Å². The molecule has 0 N–H and O–H groups in total. The zero-order chi connectivity index (χ0) is 13.3. The summed E-state index contributed by atoms with van der Waals surface area (Å²) < 4.78 is 0. The van der Waals surface area contributed by atoms with Gasteiger partial charge in [0.15, 0.2) is 0 Å². The number of hydrogen-bond donors (Lipinski definition) is 0. The lowest BCUT2D eigenvalue weighted by Gasteiger charge is -2.26. The lowest BCUT2D eigenvalue weighted by molar-refractivity contribution is 0.0739. The van der Waals surface area contributed by atoms with Crippen LogP contribution in [0, 0.1) is 12.8 Å². The lowest BCUT2D eigenvalue weighted by Crippen LogP contribution is -2.38. The molecule has 0 spiro atoms. The van der Waals surface area contributed by atoms with Crippen LogP contribution in [0.25, 0.3) is 0 Å². The first-order valence-corrected chi connectivity index (χ1v) is 7.68. The maximum atomic E-state index is 12.6. The standard InChI is InChI=1S/C14H17BrClNO/c1-9-6-7-17(12(9)8-15)14(18)11-5-3-4-10(2)13(11)16/h3-5,9,12H,6-8H2,1-2H3. The predicted octanol–water partition coefficient (Wildman–Crippen LogP) is 3.89. The summed E-state index contributed by atoms with van der Waals surface area (Å²) in [6.07, 6.45) is 1.06. The van der Waals surface area contributed by atoms with Crippen molar-refractivity contribution >= 4 is 33.4 Å². The molecule has 0 aromatic heterocycles. The van der Waals surface area contributed by atoms with Gasteiger partial charge in [-0.1, -0.05) is 46.6 Å². The van der Waals surface area contributed by atoms with Crippen LogP contribution in [0.1, 0.15) is 29.3 Å². The van der Waals surface area contributed by atoms with Crippen LogP contribution in [0.15, 0.2) is 18.2 Å². The fourth-order valence-corrected chi connectivity index (χ4v) is 3.66. The first kappa shape index (κ1) is 13.9. The number of rotatable bonds is 2. The van der Waals surface area contributed by atoms with Gasteiger partial charge >= 0.3 is 0 Å². The molecule has 0 radical (unpaired) electrons. The molecular weight excluding hydrogens is 314 g/mol. The SMILES string of the molecule is Cc1cccc(C(=O)N2CCC(C)C2CBr)c1Cl. The minimum atomic E-state index is 0.0532. The summed E-state index contributed by atoms with van der Waals surface area (Å²) in [6.45, 7) is 4.94. The van der Waals surface area contributed by atoms with Crippen molar-refractivity contribution in [1.82, 2.24) is 4.90 Å². The number of alkyl halides is 1. The van der Waals surface area contributed by atoms with Crippen molar-refractivity contribution in [3.8, 4) is 0 Å². The van der Waals surface area contributed by atoms with Crippen LogP contribution in [0.3, 0.4) is 0 Å². The van der Waals surface area contributed by atoms with Gasteiger partial charge in [0.2, 0.25) is 0 Å². The van der Waals surface area contributed by atoms with Crippen LogP contribution < -0.4 is 0 Å². The fraction of sp³-hybridized carbons (Fsp3) is 0.500. The lowest BCUT2D eigenvalue weighted by atomic mass is 10.0. The second-order valence-corrected chi connectivity index (χ2v) is 5.95. The largest absolute Gasteiger partial charge is 0.334 e. The van der Waals surface area contributed by atoms with Gasteiger partial charge in [0, 0.05) is 17.9 Å². The Morgan fingerprint density at radius 3 is 2.94 bits per heavy atom. The molecule has 4 heteroatoms. The van der Waals surface area contributed by atoms with Crippen molar-refractivity contribution in [1.29, 1.82) is 0 Å². The first-order chi connectivity index (χ1) is 8.56. The molecule has 1 heterocycles. The van der Waals surface area contributed by atoms with E-state index in [1.165, 1.54) is 0 Å². The zero-order valence-corrected chi connectivity index (χ0v) is 13.0. The summed E-state index contributed by atoms with van der Waals surface area (Å²) in [5.74, 6) is 0.592. The fourth-order valence-electron chi connectivity index (χ4n) is 2.46. The predicted molar refractivity (Wildman–Crippen MR) is 78.6 cm³/mol. The summed E-state index contributed by atoms with van der Waals surface area (Å²) in [5.41, 5.74) is 1.57. The molecule has 1 fully saturated rings. The maximum absolute atomic E-state index is 12.6. The van der Waals surface area contributed by atoms with Crippen LogP contribution in [0.2, 0.25) is 5.02 Å². The molecule has 1 aliphatic heterocycles. The number of likely N-dealkylation sites (tertiary alicyclic amines) is 1. The van der Waals surface area contributed by atoms with Gasteiger partial charge in [0.05, 0.1) is 10.6 Å². The average Bonchev–Trinajstić information content (AvgIpc) is 2.73. The van der Waals surface area contributed by atoms with Gasteiger partial charge in [-0.15, -0.1) is 0 Å². The van der Waals surface area contributed by atoms with Gasteiger partial charge in [0.1, 0.15) is 0 Å². The van der Waals surface area contributed by atoms with E-state index in [9.17, 15) is 4.79 Å². The molecule has 2 rings (SSSR count). The molecule has 1 aliphatic rings. The van der Waals surface area contributed by atoms with Gasteiger partial charge in [-0.25, -0.2) is 0 Å². The number of carbonyl (C=O) groups is 1. The van der Waals surface area contributed by atoms with Gasteiger partial charge in [-0.3, -0.25) is 4.79 Å². The first-order valence-electron chi connectivity index (χ1n) is 6.18. The van der Waals surface area contributed by atoms with Crippen LogP contribution >= 0.6 is 27.5 Å². The molecule has 1 aromatic carbocycles. The second-order valence-electron chi connectivity index (χ2n) is 4.92. The molecule has 0 bridgehead atoms. The van der Waals surface area contributed by atoms with E-state index in [4.69, 9.17) is 11.6 Å². The Hall–Kier alpha value is -0.540. The van der Waals surface area contributed by atoms with Crippen molar-refractivity contribution < 1.29 is 4.79 Å². The third kappa shape index (κ3) is 2.43. The molecule has 2 unspecified atom stereocenters. The summed E-state index contributed by atoms with van der Waals surface area (Å²) >= 11 is 9.74. The van der Waals surface area contributed by atoms with Crippen molar-refractivity contribution in [3.63, 3.8) is 0 Å². The molecule has 0 saturated carbocycles. The Balaban J connectivity index is 2.29. The van der Waals surface area contributed by atoms with E-state index in [1.807, 2.05) is 30.0 Å². The minimum absolute atomic E-state index is 0.0532. The Labute approximate surface area is 121 Å². The summed E-state index contributed by atoms with van der Waals surface area (Å²) in [4.78, 5) is 14.5. The zero-order valence-electron chi connectivity index (χ0n) is 10.6. The summed E-state index contributed by atoms with van der Waals surface area (Å²) in [7, 11) is 0. The van der Waals surface area contributed by atoms with E-state index in [-0.39, 0.29) is 11.9 Å². The van der Waals surface area contributed by atoms with E-state index >= 15 is 0 Å². The number of carbonyl (C=O) groups excluding carboxylic acids is 1. The average molecular weight is 331 g/mol. The number of aryl methyl sites for hydroxylation is 1. The molecule has 1 aromatic rings. The van der Waals surface area contributed by atoms with Gasteiger partial charge in [0.25, 0.3) is 5.91 Å². The van der Waals surface area contributed by atoms with Crippen LogP contribution in [0.5, 0.6) is 0 Å². The van der Waals surface area contributed by atoms with Gasteiger partial charge in [-0.2, -0.15) is 0 Å². The normalized spacial score (nSPS) is 23.4. The van der Waals surface area contributed by atoms with Crippen LogP contribution in [-0.2, 0) is 0 Å².